The highest BCUT2D eigenvalue weighted by Crippen LogP contribution is 2.16. The van der Waals surface area contributed by atoms with Gasteiger partial charge in [0.05, 0.1) is 23.0 Å². The first-order chi connectivity index (χ1) is 12.2. The molecule has 1 N–H and O–H groups in total. The number of rotatable bonds is 4. The molecule has 0 amide bonds. The summed E-state index contributed by atoms with van der Waals surface area (Å²) in [6.45, 7) is 2.05. The van der Waals surface area contributed by atoms with Crippen molar-refractivity contribution in [3.05, 3.63) is 83.2 Å². The molecule has 1 aromatic heterocycles. The van der Waals surface area contributed by atoms with Crippen LogP contribution in [0.15, 0.2) is 65.8 Å². The van der Waals surface area contributed by atoms with E-state index in [1.54, 1.807) is 25.4 Å². The van der Waals surface area contributed by atoms with Gasteiger partial charge in [0.15, 0.2) is 0 Å². The third kappa shape index (κ3) is 3.88. The lowest BCUT2D eigenvalue weighted by Crippen LogP contribution is -2.08. The molecule has 3 rings (SSSR count). The van der Waals surface area contributed by atoms with Crippen LogP contribution in [0.25, 0.3) is 0 Å². The van der Waals surface area contributed by atoms with Crippen LogP contribution >= 0.6 is 0 Å². The van der Waals surface area contributed by atoms with E-state index in [9.17, 15) is 0 Å². The van der Waals surface area contributed by atoms with Crippen LogP contribution in [0.3, 0.4) is 0 Å². The zero-order chi connectivity index (χ0) is 17.6. The van der Waals surface area contributed by atoms with Crippen LogP contribution in [0.1, 0.15) is 22.4 Å². The molecular formula is C20H17N5. The molecule has 0 radical (unpaired) electrons. The second-order valence-electron chi connectivity index (χ2n) is 5.52. The van der Waals surface area contributed by atoms with E-state index in [1.807, 2.05) is 30.3 Å². The quantitative estimate of drug-likeness (QED) is 0.738. The van der Waals surface area contributed by atoms with Crippen LogP contribution in [-0.2, 0) is 0 Å². The Bertz CT molecular complexity index is 935. The molecule has 0 aliphatic carbocycles. The van der Waals surface area contributed by atoms with E-state index < -0.39 is 0 Å². The van der Waals surface area contributed by atoms with Crippen molar-refractivity contribution >= 4 is 17.3 Å². The fraction of sp³-hybridized carbons (Fsp3) is 0.100. The molecule has 1 heterocycles. The summed E-state index contributed by atoms with van der Waals surface area (Å²) in [6.07, 6.45) is 1.70. The summed E-state index contributed by atoms with van der Waals surface area (Å²) in [7, 11) is 1.75. The van der Waals surface area contributed by atoms with Gasteiger partial charge < -0.3 is 5.32 Å². The van der Waals surface area contributed by atoms with E-state index in [2.05, 4.69) is 45.4 Å². The number of nitrogens with one attached hydrogen (secondary N) is 1. The van der Waals surface area contributed by atoms with Crippen LogP contribution in [0.2, 0.25) is 0 Å². The highest BCUT2D eigenvalue weighted by Gasteiger charge is 2.09. The third-order valence-corrected chi connectivity index (χ3v) is 3.72. The highest BCUT2D eigenvalue weighted by atomic mass is 15.1. The number of aromatic nitrogens is 2. The SMILES string of the molecule is CN=C(c1ccc(C)cc1)c1ccnc(Nc2ccc(C#N)cc2)n1. The summed E-state index contributed by atoms with van der Waals surface area (Å²) in [5.74, 6) is 0.482. The molecule has 0 aliphatic rings. The summed E-state index contributed by atoms with van der Waals surface area (Å²) >= 11 is 0. The van der Waals surface area contributed by atoms with E-state index in [0.717, 1.165) is 22.7 Å². The lowest BCUT2D eigenvalue weighted by molar-refractivity contribution is 1.15. The molecular weight excluding hydrogens is 310 g/mol. The fourth-order valence-electron chi connectivity index (χ4n) is 2.41. The van der Waals surface area contributed by atoms with Gasteiger partial charge in [-0.1, -0.05) is 29.8 Å². The van der Waals surface area contributed by atoms with Crippen molar-refractivity contribution in [3.63, 3.8) is 0 Å². The Labute approximate surface area is 146 Å². The predicted molar refractivity (Wildman–Crippen MR) is 99.2 cm³/mol. The van der Waals surface area contributed by atoms with Crippen LogP contribution < -0.4 is 5.32 Å². The Hall–Kier alpha value is -3.52. The number of benzene rings is 2. The zero-order valence-electron chi connectivity index (χ0n) is 14.1. The van der Waals surface area contributed by atoms with Gasteiger partial charge in [-0.05, 0) is 37.3 Å². The summed E-state index contributed by atoms with van der Waals surface area (Å²) < 4.78 is 0. The number of hydrogen-bond donors (Lipinski definition) is 1. The van der Waals surface area contributed by atoms with E-state index in [1.165, 1.54) is 5.56 Å². The second-order valence-corrected chi connectivity index (χ2v) is 5.52. The molecule has 0 bridgehead atoms. The topological polar surface area (TPSA) is 74.0 Å². The van der Waals surface area contributed by atoms with Crippen LogP contribution in [0.5, 0.6) is 0 Å². The fourth-order valence-corrected chi connectivity index (χ4v) is 2.41. The van der Waals surface area contributed by atoms with E-state index in [4.69, 9.17) is 5.26 Å². The Morgan fingerprint density at radius 3 is 2.40 bits per heavy atom. The van der Waals surface area contributed by atoms with Crippen molar-refractivity contribution in [2.75, 3.05) is 12.4 Å². The van der Waals surface area contributed by atoms with Gasteiger partial charge in [-0.15, -0.1) is 0 Å². The molecule has 122 valence electrons. The summed E-state index contributed by atoms with van der Waals surface area (Å²) in [5.41, 5.74) is 5.20. The Morgan fingerprint density at radius 2 is 1.76 bits per heavy atom. The number of nitriles is 1. The lowest BCUT2D eigenvalue weighted by atomic mass is 10.1. The molecule has 0 aliphatic heterocycles. The van der Waals surface area contributed by atoms with Crippen molar-refractivity contribution in [2.45, 2.75) is 6.92 Å². The van der Waals surface area contributed by atoms with Crippen LogP contribution in [-0.4, -0.2) is 22.7 Å². The van der Waals surface area contributed by atoms with Crippen LogP contribution in [0.4, 0.5) is 11.6 Å². The first-order valence-electron chi connectivity index (χ1n) is 7.84. The Kier molecular flexibility index (Phi) is 4.82. The van der Waals surface area contributed by atoms with E-state index in [0.29, 0.717) is 11.5 Å². The monoisotopic (exact) mass is 327 g/mol. The van der Waals surface area contributed by atoms with Gasteiger partial charge >= 0.3 is 0 Å². The number of aliphatic imine (C=N–C) groups is 1. The predicted octanol–water partition coefficient (Wildman–Crippen LogP) is 3.87. The molecule has 0 saturated carbocycles. The maximum atomic E-state index is 8.86. The largest absolute Gasteiger partial charge is 0.324 e. The zero-order valence-corrected chi connectivity index (χ0v) is 14.1. The molecule has 2 aromatic carbocycles. The second kappa shape index (κ2) is 7.37. The minimum absolute atomic E-state index is 0.482. The minimum Gasteiger partial charge on any atom is -0.324 e. The molecule has 25 heavy (non-hydrogen) atoms. The van der Waals surface area contributed by atoms with Gasteiger partial charge in [-0.25, -0.2) is 9.97 Å². The standard InChI is InChI=1S/C20H17N5/c1-14-3-7-16(8-4-14)19(22-2)18-11-12-23-20(25-18)24-17-9-5-15(13-21)6-10-17/h3-12H,1-2H3,(H,23,24,25). The first kappa shape index (κ1) is 16.3. The molecule has 0 spiro atoms. The summed E-state index contributed by atoms with van der Waals surface area (Å²) in [6, 6.07) is 19.3. The molecule has 0 fully saturated rings. The number of aryl methyl sites for hydroxylation is 1. The molecule has 0 unspecified atom stereocenters. The molecule has 3 aromatic rings. The Morgan fingerprint density at radius 1 is 1.04 bits per heavy atom. The number of nitrogens with zero attached hydrogens (tertiary/aromatic N) is 4. The van der Waals surface area contributed by atoms with Gasteiger partial charge in [-0.2, -0.15) is 5.26 Å². The maximum absolute atomic E-state index is 8.86. The normalized spacial score (nSPS) is 11.0. The summed E-state index contributed by atoms with van der Waals surface area (Å²) in [4.78, 5) is 13.2. The van der Waals surface area contributed by atoms with Gasteiger partial charge in [0.25, 0.3) is 0 Å². The van der Waals surface area contributed by atoms with Crippen molar-refractivity contribution in [1.82, 2.24) is 9.97 Å². The highest BCUT2D eigenvalue weighted by molar-refractivity contribution is 6.11. The average molecular weight is 327 g/mol. The average Bonchev–Trinajstić information content (AvgIpc) is 2.65. The van der Waals surface area contributed by atoms with Gasteiger partial charge in [0.2, 0.25) is 5.95 Å². The number of anilines is 2. The van der Waals surface area contributed by atoms with Gasteiger partial charge in [-0.3, -0.25) is 4.99 Å². The maximum Gasteiger partial charge on any atom is 0.227 e. The number of hydrogen-bond acceptors (Lipinski definition) is 5. The molecule has 0 saturated heterocycles. The van der Waals surface area contributed by atoms with Gasteiger partial charge in [0, 0.05) is 24.5 Å². The molecule has 5 nitrogen and oxygen atoms in total. The van der Waals surface area contributed by atoms with Crippen molar-refractivity contribution in [2.24, 2.45) is 4.99 Å². The van der Waals surface area contributed by atoms with Crippen LogP contribution in [0, 0.1) is 18.3 Å². The smallest absolute Gasteiger partial charge is 0.227 e. The first-order valence-corrected chi connectivity index (χ1v) is 7.84. The van der Waals surface area contributed by atoms with E-state index in [-0.39, 0.29) is 0 Å². The van der Waals surface area contributed by atoms with Crippen molar-refractivity contribution < 1.29 is 0 Å². The van der Waals surface area contributed by atoms with E-state index >= 15 is 0 Å². The summed E-state index contributed by atoms with van der Waals surface area (Å²) in [5, 5.41) is 12.0. The van der Waals surface area contributed by atoms with Crippen molar-refractivity contribution in [3.8, 4) is 6.07 Å². The Balaban J connectivity index is 1.87. The van der Waals surface area contributed by atoms with Gasteiger partial charge in [0.1, 0.15) is 0 Å². The molecule has 5 heteroatoms. The molecule has 0 atom stereocenters. The third-order valence-electron chi connectivity index (χ3n) is 3.72. The lowest BCUT2D eigenvalue weighted by Gasteiger charge is -2.09. The van der Waals surface area contributed by atoms with Crippen molar-refractivity contribution in [1.29, 1.82) is 5.26 Å². The minimum atomic E-state index is 0.482.